The number of hydrogen-bond donors (Lipinski definition) is 0. The molecule has 0 N–H and O–H groups in total. The predicted molar refractivity (Wildman–Crippen MR) is 116 cm³/mol. The minimum Gasteiger partial charge on any atom is -0.493 e. The summed E-state index contributed by atoms with van der Waals surface area (Å²) in [6.45, 7) is 7.68. The lowest BCUT2D eigenvalue weighted by atomic mass is 10.1. The fourth-order valence-corrected chi connectivity index (χ4v) is 4.16. The lowest BCUT2D eigenvalue weighted by Crippen LogP contribution is -2.46. The molecule has 29 heavy (non-hydrogen) atoms. The quantitative estimate of drug-likeness (QED) is 0.727. The molecule has 0 bridgehead atoms. The molecule has 1 fully saturated rings. The van der Waals surface area contributed by atoms with Gasteiger partial charge in [-0.05, 0) is 48.0 Å². The van der Waals surface area contributed by atoms with Gasteiger partial charge in [0.2, 0.25) is 0 Å². The van der Waals surface area contributed by atoms with Crippen LogP contribution < -0.4 is 14.4 Å². The summed E-state index contributed by atoms with van der Waals surface area (Å²) in [6, 6.07) is 12.2. The summed E-state index contributed by atoms with van der Waals surface area (Å²) >= 11 is 0. The van der Waals surface area contributed by atoms with Crippen molar-refractivity contribution >= 4 is 17.5 Å². The molecule has 1 saturated heterocycles. The number of anilines is 1. The van der Waals surface area contributed by atoms with Gasteiger partial charge in [-0.25, -0.2) is 0 Å². The largest absolute Gasteiger partial charge is 0.493 e. The fraction of sp³-hybridized carbons (Fsp3) is 0.375. The van der Waals surface area contributed by atoms with E-state index in [1.165, 1.54) is 5.69 Å². The van der Waals surface area contributed by atoms with Crippen LogP contribution in [-0.2, 0) is 6.42 Å². The Labute approximate surface area is 172 Å². The molecule has 5 heteroatoms. The number of ketones is 1. The number of ether oxygens (including phenoxy) is 2. The van der Waals surface area contributed by atoms with E-state index in [4.69, 9.17) is 9.47 Å². The van der Waals surface area contributed by atoms with Gasteiger partial charge in [0.05, 0.1) is 14.2 Å². The number of carbonyl (C=O) groups is 1. The van der Waals surface area contributed by atoms with Crippen LogP contribution in [0.15, 0.2) is 42.0 Å². The number of allylic oxidation sites excluding steroid dienone is 1. The zero-order valence-corrected chi connectivity index (χ0v) is 17.4. The first kappa shape index (κ1) is 19.5. The Balaban J connectivity index is 1.50. The van der Waals surface area contributed by atoms with Crippen molar-refractivity contribution in [1.29, 1.82) is 0 Å². The van der Waals surface area contributed by atoms with Crippen molar-refractivity contribution in [3.8, 4) is 11.5 Å². The van der Waals surface area contributed by atoms with Crippen molar-refractivity contribution in [2.24, 2.45) is 0 Å². The number of nitrogens with zero attached hydrogens (tertiary/aromatic N) is 2. The van der Waals surface area contributed by atoms with E-state index in [2.05, 4.69) is 41.0 Å². The van der Waals surface area contributed by atoms with E-state index in [0.717, 1.165) is 49.4 Å². The Kier molecular flexibility index (Phi) is 5.58. The number of piperazine rings is 1. The van der Waals surface area contributed by atoms with Crippen LogP contribution in [0.5, 0.6) is 11.5 Å². The molecule has 0 unspecified atom stereocenters. The normalized spacial score (nSPS) is 18.2. The van der Waals surface area contributed by atoms with E-state index < -0.39 is 0 Å². The summed E-state index contributed by atoms with van der Waals surface area (Å²) < 4.78 is 10.7. The molecule has 1 aliphatic carbocycles. The van der Waals surface area contributed by atoms with Crippen LogP contribution >= 0.6 is 0 Å². The topological polar surface area (TPSA) is 42.0 Å². The van der Waals surface area contributed by atoms with Crippen LogP contribution in [0.4, 0.5) is 5.69 Å². The highest BCUT2D eigenvalue weighted by molar-refractivity contribution is 6.15. The van der Waals surface area contributed by atoms with Gasteiger partial charge in [-0.1, -0.05) is 19.1 Å². The number of fused-ring (bicyclic) bond motifs is 1. The fourth-order valence-electron chi connectivity index (χ4n) is 4.16. The monoisotopic (exact) mass is 392 g/mol. The van der Waals surface area contributed by atoms with Crippen molar-refractivity contribution in [2.45, 2.75) is 13.3 Å². The van der Waals surface area contributed by atoms with E-state index in [9.17, 15) is 4.79 Å². The van der Waals surface area contributed by atoms with Crippen molar-refractivity contribution < 1.29 is 14.3 Å². The Hall–Kier alpha value is -2.79. The molecule has 0 aromatic heterocycles. The van der Waals surface area contributed by atoms with Gasteiger partial charge in [0.1, 0.15) is 0 Å². The molecule has 0 atom stereocenters. The zero-order valence-electron chi connectivity index (χ0n) is 17.4. The number of carbonyl (C=O) groups excluding carboxylic acids is 1. The van der Waals surface area contributed by atoms with Gasteiger partial charge < -0.3 is 19.3 Å². The lowest BCUT2D eigenvalue weighted by molar-refractivity contribution is 0.104. The lowest BCUT2D eigenvalue weighted by Gasteiger charge is -2.35. The summed E-state index contributed by atoms with van der Waals surface area (Å²) in [6.07, 6.45) is 2.62. The van der Waals surface area contributed by atoms with E-state index in [0.29, 0.717) is 23.5 Å². The van der Waals surface area contributed by atoms with E-state index in [1.807, 2.05) is 12.1 Å². The molecule has 0 radical (unpaired) electrons. The Morgan fingerprint density at radius 3 is 2.24 bits per heavy atom. The van der Waals surface area contributed by atoms with Crippen molar-refractivity contribution in [3.05, 3.63) is 58.7 Å². The standard InChI is InChI=1S/C24H28N2O3/c1-4-25-9-11-26(12-10-25)20-7-5-17(6-8-20)13-19-14-18-15-22(28-2)23(29-3)16-21(18)24(19)27/h5-8,13,15-16H,4,9-12,14H2,1-3H3/b19-13-. The first-order valence-corrected chi connectivity index (χ1v) is 10.2. The van der Waals surface area contributed by atoms with Gasteiger partial charge in [0.15, 0.2) is 17.3 Å². The molecule has 4 rings (SSSR count). The highest BCUT2D eigenvalue weighted by atomic mass is 16.5. The summed E-state index contributed by atoms with van der Waals surface area (Å²) in [5.41, 5.74) is 4.80. The van der Waals surface area contributed by atoms with Crippen LogP contribution in [0, 0.1) is 0 Å². The van der Waals surface area contributed by atoms with E-state index >= 15 is 0 Å². The molecular formula is C24H28N2O3. The maximum Gasteiger partial charge on any atom is 0.189 e. The maximum absolute atomic E-state index is 12.9. The molecule has 5 nitrogen and oxygen atoms in total. The van der Waals surface area contributed by atoms with Crippen molar-refractivity contribution in [3.63, 3.8) is 0 Å². The SMILES string of the molecule is CCN1CCN(c2ccc(/C=C3/Cc4cc(OC)c(OC)cc4C3=O)cc2)CC1. The van der Waals surface area contributed by atoms with Gasteiger partial charge in [0, 0.05) is 49.4 Å². The third-order valence-electron chi connectivity index (χ3n) is 5.95. The Morgan fingerprint density at radius 1 is 0.966 bits per heavy atom. The second-order valence-corrected chi connectivity index (χ2v) is 7.55. The highest BCUT2D eigenvalue weighted by Crippen LogP contribution is 2.37. The minimum absolute atomic E-state index is 0.0701. The number of methoxy groups -OCH3 is 2. The zero-order chi connectivity index (χ0) is 20.4. The second-order valence-electron chi connectivity index (χ2n) is 7.55. The van der Waals surface area contributed by atoms with Crippen LogP contribution in [0.3, 0.4) is 0 Å². The van der Waals surface area contributed by atoms with Crippen LogP contribution in [0.1, 0.15) is 28.4 Å². The first-order chi connectivity index (χ1) is 14.1. The van der Waals surface area contributed by atoms with Crippen molar-refractivity contribution in [2.75, 3.05) is 51.8 Å². The molecule has 152 valence electrons. The summed E-state index contributed by atoms with van der Waals surface area (Å²) in [5, 5.41) is 0. The van der Waals surface area contributed by atoms with E-state index in [-0.39, 0.29) is 5.78 Å². The molecule has 0 saturated carbocycles. The molecule has 2 aromatic rings. The Morgan fingerprint density at radius 2 is 1.62 bits per heavy atom. The van der Waals surface area contributed by atoms with Crippen LogP contribution in [-0.4, -0.2) is 57.6 Å². The highest BCUT2D eigenvalue weighted by Gasteiger charge is 2.27. The van der Waals surface area contributed by atoms with E-state index in [1.54, 1.807) is 20.3 Å². The average Bonchev–Trinajstić information content (AvgIpc) is 3.07. The molecule has 0 spiro atoms. The summed E-state index contributed by atoms with van der Waals surface area (Å²) in [4.78, 5) is 17.8. The summed E-state index contributed by atoms with van der Waals surface area (Å²) in [5.74, 6) is 1.32. The van der Waals surface area contributed by atoms with Gasteiger partial charge in [-0.15, -0.1) is 0 Å². The Bertz CT molecular complexity index is 926. The molecule has 0 amide bonds. The number of benzene rings is 2. The number of hydrogen-bond acceptors (Lipinski definition) is 5. The molecule has 1 heterocycles. The van der Waals surface area contributed by atoms with Crippen LogP contribution in [0.2, 0.25) is 0 Å². The smallest absolute Gasteiger partial charge is 0.189 e. The minimum atomic E-state index is 0.0701. The van der Waals surface area contributed by atoms with Gasteiger partial charge >= 0.3 is 0 Å². The third-order valence-corrected chi connectivity index (χ3v) is 5.95. The number of Topliss-reactive ketones (excluding diaryl/α,β-unsaturated/α-hetero) is 1. The average molecular weight is 392 g/mol. The maximum atomic E-state index is 12.9. The van der Waals surface area contributed by atoms with Gasteiger partial charge in [-0.3, -0.25) is 4.79 Å². The second kappa shape index (κ2) is 8.29. The number of likely N-dealkylation sites (N-methyl/N-ethyl adjacent to an activating group) is 1. The first-order valence-electron chi connectivity index (χ1n) is 10.2. The summed E-state index contributed by atoms with van der Waals surface area (Å²) in [7, 11) is 3.20. The molecule has 2 aromatic carbocycles. The predicted octanol–water partition coefficient (Wildman–Crippen LogP) is 3.67. The third kappa shape index (κ3) is 3.87. The van der Waals surface area contributed by atoms with Crippen molar-refractivity contribution in [1.82, 2.24) is 4.90 Å². The molecule has 1 aliphatic heterocycles. The van der Waals surface area contributed by atoms with Gasteiger partial charge in [-0.2, -0.15) is 0 Å². The number of rotatable bonds is 5. The molecule has 2 aliphatic rings. The van der Waals surface area contributed by atoms with Crippen LogP contribution in [0.25, 0.3) is 6.08 Å². The molecular weight excluding hydrogens is 364 g/mol. The van der Waals surface area contributed by atoms with Gasteiger partial charge in [0.25, 0.3) is 0 Å².